The molecule has 0 aliphatic rings. The fourth-order valence-corrected chi connectivity index (χ4v) is 2.64. The van der Waals surface area contributed by atoms with Crippen molar-refractivity contribution in [3.05, 3.63) is 12.2 Å². The molecule has 0 aliphatic heterocycles. The quantitative estimate of drug-likeness (QED) is 0.433. The largest absolute Gasteiger partial charge is 0.140 e. The lowest BCUT2D eigenvalue weighted by Crippen LogP contribution is -2.37. The van der Waals surface area contributed by atoms with Gasteiger partial charge in [-0.05, 0) is 18.3 Å². The standard InChI is InChI=1S/C14H29B/c1-9-11-13(4,5)12(3)14(6,10-2)15(7)8/h9,11-12H,10H2,1-8H3. The summed E-state index contributed by atoms with van der Waals surface area (Å²) in [7, 11) is 0. The molecule has 0 aromatic carbocycles. The van der Waals surface area contributed by atoms with Gasteiger partial charge in [0.2, 0.25) is 0 Å². The fraction of sp³-hybridized carbons (Fsp3) is 0.857. The minimum atomic E-state index is 0.295. The molecule has 0 N–H and O–H groups in total. The molecule has 0 fully saturated rings. The van der Waals surface area contributed by atoms with Crippen molar-refractivity contribution in [2.75, 3.05) is 0 Å². The number of hydrogen-bond acceptors (Lipinski definition) is 0. The molecule has 0 aromatic rings. The predicted octanol–water partition coefficient (Wildman–Crippen LogP) is 5.15. The second-order valence-corrected chi connectivity index (χ2v) is 6.06. The van der Waals surface area contributed by atoms with Gasteiger partial charge in [-0.15, -0.1) is 0 Å². The molecule has 0 spiro atoms. The molecule has 0 aliphatic carbocycles. The van der Waals surface area contributed by atoms with Gasteiger partial charge in [-0.1, -0.05) is 72.2 Å². The van der Waals surface area contributed by atoms with Crippen LogP contribution in [0.25, 0.3) is 0 Å². The molecule has 2 atom stereocenters. The molecular formula is C14H29B. The molecule has 0 saturated carbocycles. The van der Waals surface area contributed by atoms with E-state index in [1.807, 2.05) is 0 Å². The minimum absolute atomic E-state index is 0.295. The summed E-state index contributed by atoms with van der Waals surface area (Å²) in [6, 6.07) is 0. The second-order valence-electron chi connectivity index (χ2n) is 6.06. The summed E-state index contributed by atoms with van der Waals surface area (Å²) in [5, 5.41) is 0.434. The molecule has 0 bridgehead atoms. The lowest BCUT2D eigenvalue weighted by atomic mass is 9.31. The maximum atomic E-state index is 2.44. The Hall–Kier alpha value is -0.195. The highest BCUT2D eigenvalue weighted by molar-refractivity contribution is 6.59. The maximum Gasteiger partial charge on any atom is 0.140 e. The lowest BCUT2D eigenvalue weighted by molar-refractivity contribution is 0.224. The second kappa shape index (κ2) is 5.23. The van der Waals surface area contributed by atoms with Crippen molar-refractivity contribution in [1.29, 1.82) is 0 Å². The Morgan fingerprint density at radius 2 is 1.67 bits per heavy atom. The van der Waals surface area contributed by atoms with Crippen LogP contribution in [0.5, 0.6) is 0 Å². The van der Waals surface area contributed by atoms with Gasteiger partial charge in [-0.2, -0.15) is 0 Å². The van der Waals surface area contributed by atoms with Crippen LogP contribution in [0.4, 0.5) is 0 Å². The van der Waals surface area contributed by atoms with Crippen molar-refractivity contribution in [2.24, 2.45) is 11.3 Å². The van der Waals surface area contributed by atoms with Crippen molar-refractivity contribution in [3.63, 3.8) is 0 Å². The topological polar surface area (TPSA) is 0 Å². The van der Waals surface area contributed by atoms with E-state index in [0.717, 1.165) is 6.71 Å². The van der Waals surface area contributed by atoms with E-state index in [1.165, 1.54) is 6.42 Å². The molecule has 0 aromatic heterocycles. The van der Waals surface area contributed by atoms with E-state index in [9.17, 15) is 0 Å². The molecule has 0 saturated heterocycles. The van der Waals surface area contributed by atoms with Crippen LogP contribution in [-0.2, 0) is 0 Å². The molecule has 0 rings (SSSR count). The highest BCUT2D eigenvalue weighted by Crippen LogP contribution is 2.50. The molecule has 88 valence electrons. The van der Waals surface area contributed by atoms with Crippen LogP contribution < -0.4 is 0 Å². The molecule has 0 nitrogen and oxygen atoms in total. The van der Waals surface area contributed by atoms with E-state index in [2.05, 4.69) is 67.3 Å². The molecule has 15 heavy (non-hydrogen) atoms. The summed E-state index contributed by atoms with van der Waals surface area (Å²) in [5.41, 5.74) is 0.295. The number of hydrogen-bond donors (Lipinski definition) is 0. The fourth-order valence-electron chi connectivity index (χ4n) is 2.64. The first-order valence-corrected chi connectivity index (χ1v) is 6.36. The van der Waals surface area contributed by atoms with E-state index in [4.69, 9.17) is 0 Å². The first-order valence-electron chi connectivity index (χ1n) is 6.36. The Balaban J connectivity index is 5.03. The Kier molecular flexibility index (Phi) is 5.16. The molecule has 1 heteroatoms. The molecule has 0 heterocycles. The van der Waals surface area contributed by atoms with E-state index in [0.29, 0.717) is 16.6 Å². The third-order valence-corrected chi connectivity index (χ3v) is 4.78. The summed E-state index contributed by atoms with van der Waals surface area (Å²) in [6.07, 6.45) is 5.80. The van der Waals surface area contributed by atoms with Crippen LogP contribution in [-0.4, -0.2) is 6.71 Å². The van der Waals surface area contributed by atoms with Crippen molar-refractivity contribution in [1.82, 2.24) is 0 Å². The average Bonchev–Trinajstić information content (AvgIpc) is 2.15. The first-order chi connectivity index (χ1) is 6.72. The Morgan fingerprint density at radius 1 is 1.20 bits per heavy atom. The van der Waals surface area contributed by atoms with E-state index in [1.54, 1.807) is 0 Å². The highest BCUT2D eigenvalue weighted by atomic mass is 14.4. The van der Waals surface area contributed by atoms with Gasteiger partial charge in [-0.25, -0.2) is 0 Å². The summed E-state index contributed by atoms with van der Waals surface area (Å²) >= 11 is 0. The SMILES string of the molecule is CC=CC(C)(C)C(C)C(C)(CC)B(C)C. The highest BCUT2D eigenvalue weighted by Gasteiger charge is 2.40. The third-order valence-electron chi connectivity index (χ3n) is 4.78. The van der Waals surface area contributed by atoms with Crippen molar-refractivity contribution < 1.29 is 0 Å². The lowest BCUT2D eigenvalue weighted by Gasteiger charge is -2.45. The Morgan fingerprint density at radius 3 is 1.93 bits per heavy atom. The molecule has 0 amide bonds. The summed E-state index contributed by atoms with van der Waals surface area (Å²) in [4.78, 5) is 0. The van der Waals surface area contributed by atoms with Crippen LogP contribution >= 0.6 is 0 Å². The van der Waals surface area contributed by atoms with E-state index >= 15 is 0 Å². The van der Waals surface area contributed by atoms with Gasteiger partial charge in [0, 0.05) is 0 Å². The van der Waals surface area contributed by atoms with Crippen LogP contribution in [0.15, 0.2) is 12.2 Å². The van der Waals surface area contributed by atoms with Gasteiger partial charge in [-0.3, -0.25) is 0 Å². The number of rotatable bonds is 5. The van der Waals surface area contributed by atoms with Gasteiger partial charge in [0.05, 0.1) is 0 Å². The normalized spacial score (nSPS) is 18.9. The first kappa shape index (κ1) is 14.8. The zero-order chi connectivity index (χ0) is 12.3. The van der Waals surface area contributed by atoms with Crippen LogP contribution in [0.1, 0.15) is 48.0 Å². The van der Waals surface area contributed by atoms with E-state index < -0.39 is 0 Å². The van der Waals surface area contributed by atoms with Gasteiger partial charge in [0.15, 0.2) is 0 Å². The van der Waals surface area contributed by atoms with Crippen LogP contribution in [0.2, 0.25) is 19.0 Å². The molecule has 0 radical (unpaired) electrons. The van der Waals surface area contributed by atoms with Crippen LogP contribution in [0.3, 0.4) is 0 Å². The molecule has 2 unspecified atom stereocenters. The smallest absolute Gasteiger partial charge is 0.0911 e. The van der Waals surface area contributed by atoms with Gasteiger partial charge < -0.3 is 0 Å². The Labute approximate surface area is 97.6 Å². The number of allylic oxidation sites excluding steroid dienone is 2. The van der Waals surface area contributed by atoms with Crippen molar-refractivity contribution >= 4 is 6.71 Å². The Bertz CT molecular complexity index is 215. The molecular weight excluding hydrogens is 179 g/mol. The van der Waals surface area contributed by atoms with Crippen molar-refractivity contribution in [2.45, 2.75) is 66.9 Å². The van der Waals surface area contributed by atoms with Crippen molar-refractivity contribution in [3.8, 4) is 0 Å². The summed E-state index contributed by atoms with van der Waals surface area (Å²) in [5.74, 6) is 0.700. The predicted molar refractivity (Wildman–Crippen MR) is 73.9 cm³/mol. The average molecular weight is 208 g/mol. The maximum absolute atomic E-state index is 2.44. The van der Waals surface area contributed by atoms with Crippen LogP contribution in [0, 0.1) is 11.3 Å². The van der Waals surface area contributed by atoms with Gasteiger partial charge in [0.25, 0.3) is 0 Å². The van der Waals surface area contributed by atoms with Gasteiger partial charge in [0.1, 0.15) is 6.71 Å². The zero-order valence-electron chi connectivity index (χ0n) is 12.0. The minimum Gasteiger partial charge on any atom is -0.0911 e. The third kappa shape index (κ3) is 3.13. The van der Waals surface area contributed by atoms with E-state index in [-0.39, 0.29) is 0 Å². The summed E-state index contributed by atoms with van der Waals surface area (Å²) < 4.78 is 0. The van der Waals surface area contributed by atoms with Gasteiger partial charge >= 0.3 is 0 Å². The summed E-state index contributed by atoms with van der Waals surface area (Å²) in [6.45, 7) is 19.4. The monoisotopic (exact) mass is 208 g/mol. The zero-order valence-corrected chi connectivity index (χ0v) is 12.0.